The molecule has 0 unspecified atom stereocenters. The largest absolute Gasteiger partial charge is 0.324 e. The van der Waals surface area contributed by atoms with Gasteiger partial charge in [0.1, 0.15) is 0 Å². The van der Waals surface area contributed by atoms with Crippen LogP contribution in [0.25, 0.3) is 0 Å². The Morgan fingerprint density at radius 2 is 2.33 bits per heavy atom. The Kier molecular flexibility index (Phi) is 1.85. The van der Waals surface area contributed by atoms with E-state index in [9.17, 15) is 0 Å². The first-order valence-electron chi connectivity index (χ1n) is 4.45. The molecular formula is C10H14N2. The van der Waals surface area contributed by atoms with E-state index in [1.807, 2.05) is 18.5 Å². The third kappa shape index (κ3) is 1.34. The molecule has 2 nitrogen and oxygen atoms in total. The average Bonchev–Trinajstić information content (AvgIpc) is 2.86. The van der Waals surface area contributed by atoms with Crippen molar-refractivity contribution in [2.24, 2.45) is 11.7 Å². The molecule has 1 fully saturated rings. The Morgan fingerprint density at radius 3 is 2.92 bits per heavy atom. The van der Waals surface area contributed by atoms with Gasteiger partial charge < -0.3 is 5.73 Å². The van der Waals surface area contributed by atoms with Gasteiger partial charge >= 0.3 is 0 Å². The van der Waals surface area contributed by atoms with Crippen LogP contribution in [0, 0.1) is 12.8 Å². The van der Waals surface area contributed by atoms with Gasteiger partial charge in [-0.25, -0.2) is 0 Å². The molecule has 1 heterocycles. The molecule has 2 rings (SSSR count). The van der Waals surface area contributed by atoms with Gasteiger partial charge in [-0.05, 0) is 42.9 Å². The topological polar surface area (TPSA) is 38.9 Å². The fourth-order valence-corrected chi connectivity index (χ4v) is 1.57. The summed E-state index contributed by atoms with van der Waals surface area (Å²) < 4.78 is 0. The molecule has 1 atom stereocenters. The van der Waals surface area contributed by atoms with Crippen molar-refractivity contribution in [3.63, 3.8) is 0 Å². The minimum atomic E-state index is 0.244. The Morgan fingerprint density at radius 1 is 1.58 bits per heavy atom. The number of hydrogen-bond donors (Lipinski definition) is 1. The second-order valence-corrected chi connectivity index (χ2v) is 3.60. The predicted octanol–water partition coefficient (Wildman–Crippen LogP) is 1.80. The number of rotatable bonds is 2. The Bertz CT molecular complexity index is 279. The number of nitrogens with zero attached hydrogens (tertiary/aromatic N) is 1. The monoisotopic (exact) mass is 162 g/mol. The molecule has 0 spiro atoms. The first-order chi connectivity index (χ1) is 5.79. The van der Waals surface area contributed by atoms with E-state index in [-0.39, 0.29) is 6.04 Å². The van der Waals surface area contributed by atoms with Crippen LogP contribution < -0.4 is 5.73 Å². The number of aryl methyl sites for hydroxylation is 1. The van der Waals surface area contributed by atoms with Crippen LogP contribution in [0.3, 0.4) is 0 Å². The third-order valence-corrected chi connectivity index (χ3v) is 2.55. The lowest BCUT2D eigenvalue weighted by atomic mass is 10.0. The van der Waals surface area contributed by atoms with Crippen molar-refractivity contribution >= 4 is 0 Å². The van der Waals surface area contributed by atoms with Gasteiger partial charge in [-0.2, -0.15) is 0 Å². The van der Waals surface area contributed by atoms with E-state index in [1.54, 1.807) is 0 Å². The van der Waals surface area contributed by atoms with Crippen LogP contribution in [0.15, 0.2) is 18.5 Å². The average molecular weight is 162 g/mol. The summed E-state index contributed by atoms with van der Waals surface area (Å²) in [5.74, 6) is 0.728. The highest BCUT2D eigenvalue weighted by Gasteiger charge is 2.29. The molecule has 0 saturated heterocycles. The van der Waals surface area contributed by atoms with Gasteiger partial charge in [0.05, 0.1) is 0 Å². The molecule has 64 valence electrons. The van der Waals surface area contributed by atoms with Crippen LogP contribution in [0.4, 0.5) is 0 Å². The first kappa shape index (κ1) is 7.74. The molecule has 0 aromatic carbocycles. The summed E-state index contributed by atoms with van der Waals surface area (Å²) >= 11 is 0. The molecule has 12 heavy (non-hydrogen) atoms. The lowest BCUT2D eigenvalue weighted by Crippen LogP contribution is -2.13. The van der Waals surface area contributed by atoms with Gasteiger partial charge in [0.25, 0.3) is 0 Å². The van der Waals surface area contributed by atoms with Crippen molar-refractivity contribution in [2.75, 3.05) is 0 Å². The second kappa shape index (κ2) is 2.87. The summed E-state index contributed by atoms with van der Waals surface area (Å²) in [6.45, 7) is 2.07. The predicted molar refractivity (Wildman–Crippen MR) is 48.6 cm³/mol. The van der Waals surface area contributed by atoms with E-state index >= 15 is 0 Å². The van der Waals surface area contributed by atoms with E-state index < -0.39 is 0 Å². The van der Waals surface area contributed by atoms with Gasteiger partial charge in [-0.3, -0.25) is 4.98 Å². The number of pyridine rings is 1. The van der Waals surface area contributed by atoms with E-state index in [1.165, 1.54) is 24.0 Å². The van der Waals surface area contributed by atoms with Crippen LogP contribution in [0.5, 0.6) is 0 Å². The van der Waals surface area contributed by atoms with Gasteiger partial charge in [0, 0.05) is 18.4 Å². The van der Waals surface area contributed by atoms with Crippen LogP contribution in [0.1, 0.15) is 30.0 Å². The highest BCUT2D eigenvalue weighted by Crippen LogP contribution is 2.39. The minimum absolute atomic E-state index is 0.244. The number of nitrogens with two attached hydrogens (primary N) is 1. The highest BCUT2D eigenvalue weighted by molar-refractivity contribution is 5.26. The SMILES string of the molecule is Cc1cnccc1[C@@H](N)C1CC1. The molecule has 1 saturated carbocycles. The van der Waals surface area contributed by atoms with Crippen LogP contribution in [-0.4, -0.2) is 4.98 Å². The number of hydrogen-bond acceptors (Lipinski definition) is 2. The van der Waals surface area contributed by atoms with Crippen molar-refractivity contribution in [3.05, 3.63) is 29.6 Å². The molecule has 1 aliphatic rings. The lowest BCUT2D eigenvalue weighted by Gasteiger charge is -2.12. The molecule has 0 bridgehead atoms. The maximum atomic E-state index is 6.07. The van der Waals surface area contributed by atoms with Crippen molar-refractivity contribution < 1.29 is 0 Å². The summed E-state index contributed by atoms with van der Waals surface area (Å²) in [7, 11) is 0. The van der Waals surface area contributed by atoms with Crippen LogP contribution >= 0.6 is 0 Å². The van der Waals surface area contributed by atoms with Crippen LogP contribution in [0.2, 0.25) is 0 Å². The van der Waals surface area contributed by atoms with Crippen molar-refractivity contribution in [1.29, 1.82) is 0 Å². The van der Waals surface area contributed by atoms with Crippen molar-refractivity contribution in [3.8, 4) is 0 Å². The van der Waals surface area contributed by atoms with E-state index in [0.717, 1.165) is 5.92 Å². The fourth-order valence-electron chi connectivity index (χ4n) is 1.57. The Hall–Kier alpha value is -0.890. The zero-order chi connectivity index (χ0) is 8.55. The molecule has 2 N–H and O–H groups in total. The van der Waals surface area contributed by atoms with E-state index in [4.69, 9.17) is 5.73 Å². The standard InChI is InChI=1S/C10H14N2/c1-7-6-12-5-4-9(7)10(11)8-2-3-8/h4-6,8,10H,2-3,11H2,1H3/t10-/m0/s1. The summed E-state index contributed by atoms with van der Waals surface area (Å²) in [6.07, 6.45) is 6.30. The summed E-state index contributed by atoms with van der Waals surface area (Å²) in [5.41, 5.74) is 8.56. The molecule has 0 amide bonds. The Labute approximate surface area is 72.8 Å². The van der Waals surface area contributed by atoms with Gasteiger partial charge in [0.15, 0.2) is 0 Å². The summed E-state index contributed by atoms with van der Waals surface area (Å²) in [5, 5.41) is 0. The quantitative estimate of drug-likeness (QED) is 0.720. The molecule has 0 aliphatic heterocycles. The van der Waals surface area contributed by atoms with E-state index in [0.29, 0.717) is 0 Å². The summed E-state index contributed by atoms with van der Waals surface area (Å²) in [4.78, 5) is 4.05. The third-order valence-electron chi connectivity index (χ3n) is 2.55. The molecule has 1 aromatic rings. The molecule has 1 aromatic heterocycles. The smallest absolute Gasteiger partial charge is 0.0327 e. The summed E-state index contributed by atoms with van der Waals surface area (Å²) in [6, 6.07) is 2.28. The molecule has 1 aliphatic carbocycles. The first-order valence-corrected chi connectivity index (χ1v) is 4.45. The zero-order valence-electron chi connectivity index (χ0n) is 7.33. The minimum Gasteiger partial charge on any atom is -0.324 e. The van der Waals surface area contributed by atoms with Gasteiger partial charge in [-0.1, -0.05) is 0 Å². The second-order valence-electron chi connectivity index (χ2n) is 3.60. The Balaban J connectivity index is 2.25. The van der Waals surface area contributed by atoms with Crippen molar-refractivity contribution in [1.82, 2.24) is 4.98 Å². The molecular weight excluding hydrogens is 148 g/mol. The normalized spacial score (nSPS) is 19.2. The maximum Gasteiger partial charge on any atom is 0.0327 e. The van der Waals surface area contributed by atoms with E-state index in [2.05, 4.69) is 11.9 Å². The zero-order valence-corrected chi connectivity index (χ0v) is 7.33. The van der Waals surface area contributed by atoms with Gasteiger partial charge in [0.2, 0.25) is 0 Å². The fraction of sp³-hybridized carbons (Fsp3) is 0.500. The van der Waals surface area contributed by atoms with Gasteiger partial charge in [-0.15, -0.1) is 0 Å². The maximum absolute atomic E-state index is 6.07. The number of aromatic nitrogens is 1. The molecule has 0 radical (unpaired) electrons. The lowest BCUT2D eigenvalue weighted by molar-refractivity contribution is 0.628. The van der Waals surface area contributed by atoms with Crippen LogP contribution in [-0.2, 0) is 0 Å². The highest BCUT2D eigenvalue weighted by atomic mass is 14.7. The van der Waals surface area contributed by atoms with Crippen molar-refractivity contribution in [2.45, 2.75) is 25.8 Å². The molecule has 2 heteroatoms.